The first kappa shape index (κ1) is 17.0. The fourth-order valence-corrected chi connectivity index (χ4v) is 3.25. The third kappa shape index (κ3) is 6.27. The molecular weight excluding hydrogens is 236 g/mol. The van der Waals surface area contributed by atoms with Crippen LogP contribution in [0.5, 0.6) is 0 Å². The van der Waals surface area contributed by atoms with Crippen molar-refractivity contribution in [3.8, 4) is 0 Å². The van der Waals surface area contributed by atoms with Crippen molar-refractivity contribution >= 4 is 0 Å². The van der Waals surface area contributed by atoms with Gasteiger partial charge >= 0.3 is 0 Å². The van der Waals surface area contributed by atoms with Crippen molar-refractivity contribution in [3.63, 3.8) is 0 Å². The minimum absolute atomic E-state index is 0.162. The third-order valence-electron chi connectivity index (χ3n) is 4.39. The van der Waals surface area contributed by atoms with Crippen LogP contribution in [0.15, 0.2) is 0 Å². The molecule has 1 aliphatic rings. The van der Waals surface area contributed by atoms with Crippen LogP contribution in [0.2, 0.25) is 0 Å². The van der Waals surface area contributed by atoms with Gasteiger partial charge < -0.3 is 0 Å². The molecule has 0 spiro atoms. The summed E-state index contributed by atoms with van der Waals surface area (Å²) in [6, 6.07) is 0. The summed E-state index contributed by atoms with van der Waals surface area (Å²) in [6.45, 7) is 8.67. The summed E-state index contributed by atoms with van der Waals surface area (Å²) in [4.78, 5) is 11.4. The van der Waals surface area contributed by atoms with Crippen molar-refractivity contribution in [2.24, 2.45) is 11.8 Å². The van der Waals surface area contributed by atoms with E-state index in [1.54, 1.807) is 0 Å². The lowest BCUT2D eigenvalue weighted by Crippen LogP contribution is -2.34. The maximum atomic E-state index is 5.89. The average Bonchev–Trinajstić information content (AvgIpc) is 2.43. The number of hydrogen-bond donors (Lipinski definition) is 0. The van der Waals surface area contributed by atoms with Crippen LogP contribution in [0.1, 0.15) is 85.5 Å². The van der Waals surface area contributed by atoms with Crippen molar-refractivity contribution in [2.45, 2.75) is 97.7 Å². The quantitative estimate of drug-likeness (QED) is 0.406. The van der Waals surface area contributed by atoms with Gasteiger partial charge in [0.1, 0.15) is 0 Å². The summed E-state index contributed by atoms with van der Waals surface area (Å²) in [7, 11) is 0. The Morgan fingerprint density at radius 3 is 2.21 bits per heavy atom. The molecule has 1 aliphatic carbocycles. The van der Waals surface area contributed by atoms with Crippen molar-refractivity contribution in [3.05, 3.63) is 0 Å². The van der Waals surface area contributed by atoms with Gasteiger partial charge in [-0.3, -0.25) is 0 Å². The van der Waals surface area contributed by atoms with Gasteiger partial charge in [0.05, 0.1) is 12.2 Å². The van der Waals surface area contributed by atoms with Crippen molar-refractivity contribution in [1.82, 2.24) is 0 Å². The summed E-state index contributed by atoms with van der Waals surface area (Å²) in [5, 5.41) is 0. The van der Waals surface area contributed by atoms with Crippen molar-refractivity contribution in [2.75, 3.05) is 0 Å². The first-order valence-electron chi connectivity index (χ1n) is 8.51. The molecule has 0 saturated heterocycles. The zero-order chi connectivity index (χ0) is 14.1. The molecule has 0 aromatic carbocycles. The van der Waals surface area contributed by atoms with E-state index in [2.05, 4.69) is 13.8 Å². The molecule has 2 atom stereocenters. The number of hydrogen-bond acceptors (Lipinski definition) is 2. The van der Waals surface area contributed by atoms with E-state index in [9.17, 15) is 0 Å². The predicted molar refractivity (Wildman–Crippen MR) is 81.0 cm³/mol. The molecule has 114 valence electrons. The Bertz CT molecular complexity index is 209. The molecule has 2 nitrogen and oxygen atoms in total. The van der Waals surface area contributed by atoms with E-state index in [4.69, 9.17) is 9.78 Å². The van der Waals surface area contributed by atoms with E-state index in [1.165, 1.54) is 57.8 Å². The van der Waals surface area contributed by atoms with E-state index in [1.807, 2.05) is 13.8 Å². The lowest BCUT2D eigenvalue weighted by Gasteiger charge is -2.34. The monoisotopic (exact) mass is 270 g/mol. The SMILES string of the molecule is CCCCC(CC)C(OOC(C)C)C1CCCCC1. The molecule has 0 amide bonds. The standard InChI is InChI=1S/C17H34O2/c1-5-7-11-15(6-2)17(19-18-14(3)4)16-12-9-8-10-13-16/h14-17H,5-13H2,1-4H3. The Labute approximate surface area is 120 Å². The smallest absolute Gasteiger partial charge is 0.0986 e. The van der Waals surface area contributed by atoms with Crippen LogP contribution in [0.25, 0.3) is 0 Å². The van der Waals surface area contributed by atoms with Crippen molar-refractivity contribution < 1.29 is 9.78 Å². The first-order valence-corrected chi connectivity index (χ1v) is 8.51. The molecule has 1 saturated carbocycles. The average molecular weight is 270 g/mol. The molecule has 1 fully saturated rings. The lowest BCUT2D eigenvalue weighted by molar-refractivity contribution is -0.363. The Balaban J connectivity index is 2.58. The highest BCUT2D eigenvalue weighted by Gasteiger charge is 2.31. The van der Waals surface area contributed by atoms with Gasteiger partial charge in [-0.2, -0.15) is 0 Å². The molecule has 2 unspecified atom stereocenters. The Morgan fingerprint density at radius 1 is 1.00 bits per heavy atom. The third-order valence-corrected chi connectivity index (χ3v) is 4.39. The maximum absolute atomic E-state index is 5.89. The highest BCUT2D eigenvalue weighted by molar-refractivity contribution is 4.79. The summed E-state index contributed by atoms with van der Waals surface area (Å²) in [5.74, 6) is 1.39. The van der Waals surface area contributed by atoms with Crippen LogP contribution in [-0.2, 0) is 9.78 Å². The van der Waals surface area contributed by atoms with Gasteiger partial charge in [-0.1, -0.05) is 52.4 Å². The summed E-state index contributed by atoms with van der Waals surface area (Å²) in [5.41, 5.74) is 0. The van der Waals surface area contributed by atoms with E-state index in [0.29, 0.717) is 17.9 Å². The maximum Gasteiger partial charge on any atom is 0.0986 e. The molecule has 0 aromatic rings. The Morgan fingerprint density at radius 2 is 1.68 bits per heavy atom. The fraction of sp³-hybridized carbons (Fsp3) is 1.00. The molecule has 1 rings (SSSR count). The fourth-order valence-electron chi connectivity index (χ4n) is 3.25. The summed E-state index contributed by atoms with van der Waals surface area (Å²) in [6.07, 6.45) is 12.4. The van der Waals surface area contributed by atoms with Gasteiger partial charge in [0.15, 0.2) is 0 Å². The topological polar surface area (TPSA) is 18.5 Å². The Kier molecular flexibility index (Phi) is 8.72. The second kappa shape index (κ2) is 9.77. The second-order valence-corrected chi connectivity index (χ2v) is 6.41. The van der Waals surface area contributed by atoms with Gasteiger partial charge in [-0.25, -0.2) is 9.78 Å². The highest BCUT2D eigenvalue weighted by atomic mass is 17.2. The van der Waals surface area contributed by atoms with Crippen LogP contribution < -0.4 is 0 Å². The molecule has 0 aromatic heterocycles. The molecule has 0 radical (unpaired) electrons. The normalized spacial score (nSPS) is 20.7. The van der Waals surface area contributed by atoms with E-state index in [-0.39, 0.29) is 6.10 Å². The minimum atomic E-state index is 0.162. The number of rotatable bonds is 9. The molecular formula is C17H34O2. The van der Waals surface area contributed by atoms with Crippen LogP contribution in [0.3, 0.4) is 0 Å². The van der Waals surface area contributed by atoms with Gasteiger partial charge in [0, 0.05) is 0 Å². The highest BCUT2D eigenvalue weighted by Crippen LogP contribution is 2.34. The van der Waals surface area contributed by atoms with Crippen molar-refractivity contribution in [1.29, 1.82) is 0 Å². The first-order chi connectivity index (χ1) is 9.19. The largest absolute Gasteiger partial charge is 0.234 e. The second-order valence-electron chi connectivity index (χ2n) is 6.41. The van der Waals surface area contributed by atoms with Crippen LogP contribution in [0, 0.1) is 11.8 Å². The van der Waals surface area contributed by atoms with E-state index in [0.717, 1.165) is 0 Å². The molecule has 2 heteroatoms. The van der Waals surface area contributed by atoms with E-state index < -0.39 is 0 Å². The molecule has 0 aliphatic heterocycles. The van der Waals surface area contributed by atoms with Crippen LogP contribution in [0.4, 0.5) is 0 Å². The predicted octanol–water partition coefficient (Wildman–Crippen LogP) is 5.51. The van der Waals surface area contributed by atoms with Gasteiger partial charge in [-0.15, -0.1) is 0 Å². The lowest BCUT2D eigenvalue weighted by atomic mass is 9.78. The van der Waals surface area contributed by atoms with Gasteiger partial charge in [-0.05, 0) is 44.9 Å². The summed E-state index contributed by atoms with van der Waals surface area (Å²) >= 11 is 0. The van der Waals surface area contributed by atoms with Crippen LogP contribution >= 0.6 is 0 Å². The molecule has 19 heavy (non-hydrogen) atoms. The van der Waals surface area contributed by atoms with E-state index >= 15 is 0 Å². The molecule has 0 N–H and O–H groups in total. The van der Waals surface area contributed by atoms with Gasteiger partial charge in [0.2, 0.25) is 0 Å². The van der Waals surface area contributed by atoms with Crippen LogP contribution in [-0.4, -0.2) is 12.2 Å². The Hall–Kier alpha value is -0.0800. The molecule has 0 bridgehead atoms. The number of unbranched alkanes of at least 4 members (excludes halogenated alkanes) is 1. The zero-order valence-corrected chi connectivity index (χ0v) is 13.5. The summed E-state index contributed by atoms with van der Waals surface area (Å²) < 4.78 is 0. The zero-order valence-electron chi connectivity index (χ0n) is 13.5. The molecule has 0 heterocycles. The minimum Gasteiger partial charge on any atom is -0.234 e. The van der Waals surface area contributed by atoms with Gasteiger partial charge in [0.25, 0.3) is 0 Å².